The first-order valence-corrected chi connectivity index (χ1v) is 7.49. The van der Waals surface area contributed by atoms with Gasteiger partial charge in [0.1, 0.15) is 5.82 Å². The molecule has 1 aromatic carbocycles. The van der Waals surface area contributed by atoms with Crippen LogP contribution in [0.5, 0.6) is 0 Å². The quantitative estimate of drug-likeness (QED) is 0.839. The normalized spacial score (nSPS) is 23.1. The third-order valence-corrected chi connectivity index (χ3v) is 3.74. The molecule has 1 N–H and O–H groups in total. The smallest absolute Gasteiger partial charge is 0.129 e. The molecule has 2 atom stereocenters. The number of morpholine rings is 1. The van der Waals surface area contributed by atoms with Crippen molar-refractivity contribution in [2.45, 2.75) is 45.9 Å². The highest BCUT2D eigenvalue weighted by atomic mass is 19.1. The second-order valence-corrected chi connectivity index (χ2v) is 5.56. The Morgan fingerprint density at radius 2 is 2.20 bits per heavy atom. The van der Waals surface area contributed by atoms with Gasteiger partial charge in [-0.2, -0.15) is 0 Å². The summed E-state index contributed by atoms with van der Waals surface area (Å²) < 4.78 is 19.8. The number of anilines is 1. The number of benzene rings is 1. The van der Waals surface area contributed by atoms with Gasteiger partial charge in [-0.25, -0.2) is 4.39 Å². The van der Waals surface area contributed by atoms with Gasteiger partial charge in [0.2, 0.25) is 0 Å². The lowest BCUT2D eigenvalue weighted by Gasteiger charge is -2.39. The van der Waals surface area contributed by atoms with Crippen LogP contribution in [0.3, 0.4) is 0 Å². The van der Waals surface area contributed by atoms with E-state index in [0.717, 1.165) is 30.8 Å². The summed E-state index contributed by atoms with van der Waals surface area (Å²) in [5.41, 5.74) is 1.76. The lowest BCUT2D eigenvalue weighted by atomic mass is 10.1. The zero-order valence-corrected chi connectivity index (χ0v) is 12.7. The van der Waals surface area contributed by atoms with Crippen LogP contribution in [0.1, 0.15) is 32.8 Å². The summed E-state index contributed by atoms with van der Waals surface area (Å²) in [5, 5.41) is 3.30. The average Bonchev–Trinajstić information content (AvgIpc) is 2.43. The average molecular weight is 280 g/mol. The Balaban J connectivity index is 2.23. The topological polar surface area (TPSA) is 24.5 Å². The minimum absolute atomic E-state index is 0.127. The van der Waals surface area contributed by atoms with E-state index in [2.05, 4.69) is 31.0 Å². The van der Waals surface area contributed by atoms with E-state index in [-0.39, 0.29) is 18.0 Å². The Morgan fingerprint density at radius 3 is 2.95 bits per heavy atom. The summed E-state index contributed by atoms with van der Waals surface area (Å²) >= 11 is 0. The van der Waals surface area contributed by atoms with Gasteiger partial charge in [0.15, 0.2) is 0 Å². The molecule has 0 radical (unpaired) electrons. The zero-order chi connectivity index (χ0) is 14.5. The summed E-state index contributed by atoms with van der Waals surface area (Å²) in [6.45, 7) is 9.29. The van der Waals surface area contributed by atoms with Crippen LogP contribution in [0, 0.1) is 5.82 Å². The standard InChI is InChI=1S/C16H25FN2O/c1-4-8-18-9-14-15(17)6-5-7-16(14)19-10-13(3)20-11-12(19)2/h5-7,12-13,18H,4,8-11H2,1-3H3. The minimum Gasteiger partial charge on any atom is -0.375 e. The van der Waals surface area contributed by atoms with Crippen LogP contribution in [0.25, 0.3) is 0 Å². The van der Waals surface area contributed by atoms with Gasteiger partial charge in [-0.3, -0.25) is 0 Å². The van der Waals surface area contributed by atoms with Crippen molar-refractivity contribution in [1.82, 2.24) is 5.32 Å². The molecule has 4 heteroatoms. The number of halogens is 1. The van der Waals surface area contributed by atoms with E-state index >= 15 is 0 Å². The van der Waals surface area contributed by atoms with Crippen LogP contribution in [0.4, 0.5) is 10.1 Å². The van der Waals surface area contributed by atoms with Gasteiger partial charge in [0.05, 0.1) is 12.7 Å². The van der Waals surface area contributed by atoms with Gasteiger partial charge in [-0.05, 0) is 38.9 Å². The molecule has 1 aliphatic rings. The van der Waals surface area contributed by atoms with E-state index in [9.17, 15) is 4.39 Å². The maximum absolute atomic E-state index is 14.2. The highest BCUT2D eigenvalue weighted by Crippen LogP contribution is 2.27. The molecule has 112 valence electrons. The fourth-order valence-electron chi connectivity index (χ4n) is 2.62. The van der Waals surface area contributed by atoms with Crippen molar-refractivity contribution in [3.8, 4) is 0 Å². The first kappa shape index (κ1) is 15.3. The maximum Gasteiger partial charge on any atom is 0.129 e. The van der Waals surface area contributed by atoms with E-state index in [1.807, 2.05) is 6.07 Å². The molecule has 0 aromatic heterocycles. The molecule has 1 aliphatic heterocycles. The van der Waals surface area contributed by atoms with Crippen LogP contribution in [0.2, 0.25) is 0 Å². The highest BCUT2D eigenvalue weighted by molar-refractivity contribution is 5.55. The highest BCUT2D eigenvalue weighted by Gasteiger charge is 2.26. The second-order valence-electron chi connectivity index (χ2n) is 5.56. The third-order valence-electron chi connectivity index (χ3n) is 3.74. The fraction of sp³-hybridized carbons (Fsp3) is 0.625. The number of nitrogens with one attached hydrogen (secondary N) is 1. The van der Waals surface area contributed by atoms with Crippen molar-refractivity contribution in [3.05, 3.63) is 29.6 Å². The second kappa shape index (κ2) is 7.04. The molecular formula is C16H25FN2O. The molecule has 1 saturated heterocycles. The van der Waals surface area contributed by atoms with Crippen molar-refractivity contribution >= 4 is 5.69 Å². The lowest BCUT2D eigenvalue weighted by molar-refractivity contribution is 0.0343. The number of nitrogens with zero attached hydrogens (tertiary/aromatic N) is 1. The van der Waals surface area contributed by atoms with Crippen LogP contribution >= 0.6 is 0 Å². The van der Waals surface area contributed by atoms with Crippen molar-refractivity contribution in [2.24, 2.45) is 0 Å². The molecule has 3 nitrogen and oxygen atoms in total. The van der Waals surface area contributed by atoms with Gasteiger partial charge < -0.3 is 15.0 Å². The third kappa shape index (κ3) is 3.49. The van der Waals surface area contributed by atoms with Gasteiger partial charge >= 0.3 is 0 Å². The molecule has 2 unspecified atom stereocenters. The number of ether oxygens (including phenoxy) is 1. The lowest BCUT2D eigenvalue weighted by Crippen LogP contribution is -2.48. The van der Waals surface area contributed by atoms with Crippen molar-refractivity contribution < 1.29 is 9.13 Å². The Kier molecular flexibility index (Phi) is 5.38. The maximum atomic E-state index is 14.2. The first-order chi connectivity index (χ1) is 9.63. The predicted molar refractivity (Wildman–Crippen MR) is 80.6 cm³/mol. The fourth-order valence-corrected chi connectivity index (χ4v) is 2.62. The number of hydrogen-bond acceptors (Lipinski definition) is 3. The summed E-state index contributed by atoms with van der Waals surface area (Å²) in [4.78, 5) is 2.26. The van der Waals surface area contributed by atoms with Gasteiger partial charge in [0.25, 0.3) is 0 Å². The molecule has 0 spiro atoms. The van der Waals surface area contributed by atoms with Crippen molar-refractivity contribution in [2.75, 3.05) is 24.6 Å². The molecule has 1 fully saturated rings. The van der Waals surface area contributed by atoms with Crippen LogP contribution in [0.15, 0.2) is 18.2 Å². The van der Waals surface area contributed by atoms with Crippen molar-refractivity contribution in [1.29, 1.82) is 0 Å². The van der Waals surface area contributed by atoms with Gasteiger partial charge in [0, 0.05) is 30.4 Å². The van der Waals surface area contributed by atoms with E-state index in [1.165, 1.54) is 0 Å². The first-order valence-electron chi connectivity index (χ1n) is 7.49. The Morgan fingerprint density at radius 1 is 1.40 bits per heavy atom. The molecule has 0 saturated carbocycles. The van der Waals surface area contributed by atoms with E-state index in [0.29, 0.717) is 13.2 Å². The molecule has 1 aromatic rings. The SMILES string of the molecule is CCCNCc1c(F)cccc1N1CC(C)OCC1C. The number of rotatable bonds is 5. The van der Waals surface area contributed by atoms with E-state index in [4.69, 9.17) is 4.74 Å². The van der Waals surface area contributed by atoms with Crippen molar-refractivity contribution in [3.63, 3.8) is 0 Å². The Hall–Kier alpha value is -1.13. The predicted octanol–water partition coefficient (Wildman–Crippen LogP) is 2.94. The van der Waals surface area contributed by atoms with Crippen LogP contribution in [-0.2, 0) is 11.3 Å². The van der Waals surface area contributed by atoms with Crippen LogP contribution in [-0.4, -0.2) is 31.8 Å². The Bertz CT molecular complexity index is 438. The van der Waals surface area contributed by atoms with Crippen LogP contribution < -0.4 is 10.2 Å². The zero-order valence-electron chi connectivity index (χ0n) is 12.7. The number of hydrogen-bond donors (Lipinski definition) is 1. The van der Waals surface area contributed by atoms with Gasteiger partial charge in [-0.15, -0.1) is 0 Å². The molecular weight excluding hydrogens is 255 g/mol. The largest absolute Gasteiger partial charge is 0.375 e. The summed E-state index contributed by atoms with van der Waals surface area (Å²) in [5.74, 6) is -0.127. The van der Waals surface area contributed by atoms with E-state index in [1.54, 1.807) is 12.1 Å². The monoisotopic (exact) mass is 280 g/mol. The molecule has 0 aliphatic carbocycles. The molecule has 2 rings (SSSR count). The Labute approximate surface area is 121 Å². The summed E-state index contributed by atoms with van der Waals surface area (Å²) in [7, 11) is 0. The molecule has 1 heterocycles. The minimum atomic E-state index is -0.127. The van der Waals surface area contributed by atoms with Gasteiger partial charge in [-0.1, -0.05) is 13.0 Å². The molecule has 0 bridgehead atoms. The van der Waals surface area contributed by atoms with E-state index < -0.39 is 0 Å². The summed E-state index contributed by atoms with van der Waals surface area (Å²) in [6.07, 6.45) is 1.24. The molecule has 20 heavy (non-hydrogen) atoms. The molecule has 0 amide bonds. The summed E-state index contributed by atoms with van der Waals surface area (Å²) in [6, 6.07) is 5.63.